The molecule has 1 N–H and O–H groups in total. The summed E-state index contributed by atoms with van der Waals surface area (Å²) in [6.45, 7) is 3.79. The lowest BCUT2D eigenvalue weighted by molar-refractivity contribution is -0.384. The summed E-state index contributed by atoms with van der Waals surface area (Å²) in [4.78, 5) is 27.6. The number of carbonyl (C=O) groups excluding carboxylic acids is 1. The molecule has 1 aliphatic heterocycles. The number of piperazine rings is 1. The number of benzene rings is 2. The Morgan fingerprint density at radius 2 is 1.84 bits per heavy atom. The minimum Gasteiger partial charge on any atom is -0.353 e. The first-order valence-electron chi connectivity index (χ1n) is 10.0. The summed E-state index contributed by atoms with van der Waals surface area (Å²) < 4.78 is 0. The van der Waals surface area contributed by atoms with Crippen molar-refractivity contribution in [1.82, 2.24) is 15.1 Å². The Balaban J connectivity index is 1.50. The van der Waals surface area contributed by atoms with E-state index in [1.54, 1.807) is 18.2 Å². The Morgan fingerprint density at radius 3 is 2.53 bits per heavy atom. The number of halogens is 1. The van der Waals surface area contributed by atoms with Gasteiger partial charge in [0, 0.05) is 49.6 Å². The number of anilines is 2. The molecule has 0 bridgehead atoms. The highest BCUT2D eigenvalue weighted by Gasteiger charge is 2.17. The molecule has 0 unspecified atom stereocenters. The summed E-state index contributed by atoms with van der Waals surface area (Å²) in [6, 6.07) is 14.7. The van der Waals surface area contributed by atoms with Gasteiger partial charge in [0.15, 0.2) is 5.82 Å². The van der Waals surface area contributed by atoms with Crippen LogP contribution in [-0.2, 0) is 0 Å². The van der Waals surface area contributed by atoms with Gasteiger partial charge >= 0.3 is 0 Å². The van der Waals surface area contributed by atoms with Gasteiger partial charge in [0.05, 0.1) is 21.2 Å². The third-order valence-corrected chi connectivity index (χ3v) is 5.63. The van der Waals surface area contributed by atoms with Crippen LogP contribution < -0.4 is 10.2 Å². The average Bonchev–Trinajstić information content (AvgIpc) is 2.80. The zero-order valence-electron chi connectivity index (χ0n) is 17.4. The topological polar surface area (TPSA) is 104 Å². The van der Waals surface area contributed by atoms with Crippen LogP contribution in [0.2, 0.25) is 5.02 Å². The fraction of sp³-hybridized carbons (Fsp3) is 0.227. The number of nitrogens with zero attached hydrogens (tertiary/aromatic N) is 5. The van der Waals surface area contributed by atoms with Crippen molar-refractivity contribution in [2.24, 2.45) is 0 Å². The number of rotatable bonds is 5. The number of nitrogens with one attached hydrogen (secondary N) is 1. The first-order chi connectivity index (χ1) is 15.4. The van der Waals surface area contributed by atoms with E-state index < -0.39 is 10.8 Å². The zero-order chi connectivity index (χ0) is 22.7. The van der Waals surface area contributed by atoms with E-state index >= 15 is 0 Å². The molecule has 1 aliphatic rings. The summed E-state index contributed by atoms with van der Waals surface area (Å²) in [6.07, 6.45) is 0. The minimum atomic E-state index is -0.571. The molecular weight excluding hydrogens is 432 g/mol. The molecule has 0 spiro atoms. The number of hydrogen-bond donors (Lipinski definition) is 1. The Kier molecular flexibility index (Phi) is 6.29. The number of amides is 1. The van der Waals surface area contributed by atoms with Gasteiger partial charge in [0.1, 0.15) is 0 Å². The summed E-state index contributed by atoms with van der Waals surface area (Å²) in [5.41, 5.74) is 1.80. The van der Waals surface area contributed by atoms with Gasteiger partial charge in [-0.3, -0.25) is 14.9 Å². The molecule has 2 aromatic carbocycles. The Morgan fingerprint density at radius 1 is 1.06 bits per heavy atom. The SMILES string of the molecule is CN1CCN(c2ccc(-c3cccc(NC(=O)c4cc([N+](=O)[O-])ccc4Cl)c3)nn2)CC1. The van der Waals surface area contributed by atoms with Gasteiger partial charge in [0.2, 0.25) is 0 Å². The fourth-order valence-corrected chi connectivity index (χ4v) is 3.64. The van der Waals surface area contributed by atoms with Crippen molar-refractivity contribution in [2.45, 2.75) is 0 Å². The smallest absolute Gasteiger partial charge is 0.270 e. The monoisotopic (exact) mass is 452 g/mol. The molecule has 0 atom stereocenters. The summed E-state index contributed by atoms with van der Waals surface area (Å²) in [5, 5.41) is 22.6. The Bertz CT molecular complexity index is 1150. The largest absolute Gasteiger partial charge is 0.353 e. The summed E-state index contributed by atoms with van der Waals surface area (Å²) >= 11 is 6.07. The van der Waals surface area contributed by atoms with Crippen molar-refractivity contribution in [3.63, 3.8) is 0 Å². The van der Waals surface area contributed by atoms with Crippen LogP contribution in [0.1, 0.15) is 10.4 Å². The zero-order valence-corrected chi connectivity index (χ0v) is 18.1. The van der Waals surface area contributed by atoms with Crippen molar-refractivity contribution in [3.05, 3.63) is 75.3 Å². The second-order valence-electron chi connectivity index (χ2n) is 7.52. The highest BCUT2D eigenvalue weighted by atomic mass is 35.5. The molecule has 0 aliphatic carbocycles. The van der Waals surface area contributed by atoms with E-state index in [9.17, 15) is 14.9 Å². The lowest BCUT2D eigenvalue weighted by Gasteiger charge is -2.32. The fourth-order valence-electron chi connectivity index (χ4n) is 3.44. The van der Waals surface area contributed by atoms with Crippen LogP contribution in [0.5, 0.6) is 0 Å². The maximum absolute atomic E-state index is 12.6. The Labute approximate surface area is 189 Å². The van der Waals surface area contributed by atoms with Crippen molar-refractivity contribution in [3.8, 4) is 11.3 Å². The molecule has 0 radical (unpaired) electrons. The second kappa shape index (κ2) is 9.29. The average molecular weight is 453 g/mol. The number of carbonyl (C=O) groups is 1. The van der Waals surface area contributed by atoms with Crippen molar-refractivity contribution in [1.29, 1.82) is 0 Å². The van der Waals surface area contributed by atoms with Crippen LogP contribution in [0, 0.1) is 10.1 Å². The normalized spacial score (nSPS) is 14.2. The van der Waals surface area contributed by atoms with Gasteiger partial charge in [-0.05, 0) is 37.4 Å². The van der Waals surface area contributed by atoms with Crippen molar-refractivity contribution >= 4 is 34.7 Å². The van der Waals surface area contributed by atoms with Crippen LogP contribution in [-0.4, -0.2) is 59.2 Å². The molecule has 1 saturated heterocycles. The molecule has 1 amide bonds. The molecule has 164 valence electrons. The molecular formula is C22H21ClN6O3. The number of nitro groups is 1. The van der Waals surface area contributed by atoms with E-state index in [1.165, 1.54) is 12.1 Å². The van der Waals surface area contributed by atoms with E-state index in [-0.39, 0.29) is 16.3 Å². The minimum absolute atomic E-state index is 0.0302. The van der Waals surface area contributed by atoms with Gasteiger partial charge in [-0.2, -0.15) is 0 Å². The molecule has 0 saturated carbocycles. The van der Waals surface area contributed by atoms with E-state index in [2.05, 4.69) is 32.4 Å². The molecule has 2 heterocycles. The predicted octanol–water partition coefficient (Wildman–Crippen LogP) is 3.71. The molecule has 4 rings (SSSR count). The van der Waals surface area contributed by atoms with Gasteiger partial charge in [-0.1, -0.05) is 23.7 Å². The van der Waals surface area contributed by atoms with Crippen LogP contribution in [0.4, 0.5) is 17.2 Å². The first kappa shape index (κ1) is 21.7. The molecule has 32 heavy (non-hydrogen) atoms. The predicted molar refractivity (Wildman–Crippen MR) is 123 cm³/mol. The highest BCUT2D eigenvalue weighted by molar-refractivity contribution is 6.34. The lowest BCUT2D eigenvalue weighted by atomic mass is 10.1. The quantitative estimate of drug-likeness (QED) is 0.464. The maximum atomic E-state index is 12.6. The van der Waals surface area contributed by atoms with Crippen LogP contribution >= 0.6 is 11.6 Å². The molecule has 9 nitrogen and oxygen atoms in total. The van der Waals surface area contributed by atoms with Gasteiger partial charge in [0.25, 0.3) is 11.6 Å². The number of non-ortho nitro benzene ring substituents is 1. The second-order valence-corrected chi connectivity index (χ2v) is 7.93. The number of aromatic nitrogens is 2. The van der Waals surface area contributed by atoms with Crippen LogP contribution in [0.15, 0.2) is 54.6 Å². The van der Waals surface area contributed by atoms with Gasteiger partial charge in [-0.15, -0.1) is 10.2 Å². The van der Waals surface area contributed by atoms with Gasteiger partial charge < -0.3 is 15.1 Å². The molecule has 10 heteroatoms. The van der Waals surface area contributed by atoms with E-state index in [0.717, 1.165) is 43.6 Å². The molecule has 1 aromatic heterocycles. The van der Waals surface area contributed by atoms with Crippen molar-refractivity contribution in [2.75, 3.05) is 43.4 Å². The third kappa shape index (κ3) is 4.84. The lowest BCUT2D eigenvalue weighted by Crippen LogP contribution is -2.44. The first-order valence-corrected chi connectivity index (χ1v) is 10.4. The van der Waals surface area contributed by atoms with Gasteiger partial charge in [-0.25, -0.2) is 0 Å². The van der Waals surface area contributed by atoms with E-state index in [4.69, 9.17) is 11.6 Å². The van der Waals surface area contributed by atoms with Crippen LogP contribution in [0.25, 0.3) is 11.3 Å². The number of likely N-dealkylation sites (N-methyl/N-ethyl adjacent to an activating group) is 1. The number of nitro benzene ring substituents is 1. The maximum Gasteiger partial charge on any atom is 0.270 e. The molecule has 1 fully saturated rings. The summed E-state index contributed by atoms with van der Waals surface area (Å²) in [5.74, 6) is 0.305. The standard InChI is InChI=1S/C22H21ClN6O3/c1-27-9-11-28(12-10-27)21-8-7-20(25-26-21)15-3-2-4-16(13-15)24-22(30)18-14-17(29(31)32)5-6-19(18)23/h2-8,13-14H,9-12H2,1H3,(H,24,30). The third-order valence-electron chi connectivity index (χ3n) is 5.30. The molecule has 3 aromatic rings. The van der Waals surface area contributed by atoms with Crippen LogP contribution in [0.3, 0.4) is 0 Å². The Hall–Kier alpha value is -3.56. The highest BCUT2D eigenvalue weighted by Crippen LogP contribution is 2.25. The van der Waals surface area contributed by atoms with E-state index in [1.807, 2.05) is 18.2 Å². The number of hydrogen-bond acceptors (Lipinski definition) is 7. The van der Waals surface area contributed by atoms with E-state index in [0.29, 0.717) is 11.4 Å². The van der Waals surface area contributed by atoms with Crippen molar-refractivity contribution < 1.29 is 9.72 Å². The summed E-state index contributed by atoms with van der Waals surface area (Å²) in [7, 11) is 2.10.